The molecule has 1 N–H and O–H groups in total. The van der Waals surface area contributed by atoms with E-state index in [1.54, 1.807) is 0 Å². The lowest BCUT2D eigenvalue weighted by Gasteiger charge is -2.21. The molecule has 1 heterocycles. The van der Waals surface area contributed by atoms with Crippen molar-refractivity contribution in [3.05, 3.63) is 29.8 Å². The average Bonchev–Trinajstić information content (AvgIpc) is 2.68. The first kappa shape index (κ1) is 11.5. The van der Waals surface area contributed by atoms with Gasteiger partial charge in [-0.3, -0.25) is 0 Å². The Balaban J connectivity index is 2.28. The maximum absolute atomic E-state index is 3.38. The summed E-state index contributed by atoms with van der Waals surface area (Å²) in [7, 11) is 2.05. The fourth-order valence-electron chi connectivity index (χ4n) is 2.63. The highest BCUT2D eigenvalue weighted by Gasteiger charge is 2.30. The molecule has 2 rings (SSSR count). The highest BCUT2D eigenvalue weighted by atomic mass is 15.2. The van der Waals surface area contributed by atoms with E-state index in [1.807, 2.05) is 0 Å². The van der Waals surface area contributed by atoms with Crippen molar-refractivity contribution in [2.75, 3.05) is 25.0 Å². The molecule has 16 heavy (non-hydrogen) atoms. The van der Waals surface area contributed by atoms with Crippen molar-refractivity contribution in [3.63, 3.8) is 0 Å². The molecule has 1 aromatic rings. The van der Waals surface area contributed by atoms with E-state index in [9.17, 15) is 0 Å². The highest BCUT2D eigenvalue weighted by molar-refractivity contribution is 5.60. The predicted molar refractivity (Wildman–Crippen MR) is 70.2 cm³/mol. The third kappa shape index (κ3) is 1.94. The molecular formula is C14H22N2. The van der Waals surface area contributed by atoms with Gasteiger partial charge in [0.05, 0.1) is 0 Å². The molecule has 2 unspecified atom stereocenters. The van der Waals surface area contributed by atoms with Crippen molar-refractivity contribution in [1.29, 1.82) is 0 Å². The van der Waals surface area contributed by atoms with Crippen LogP contribution in [0.5, 0.6) is 0 Å². The smallest absolute Gasteiger partial charge is 0.0403 e. The summed E-state index contributed by atoms with van der Waals surface area (Å²) in [5.41, 5.74) is 2.95. The van der Waals surface area contributed by atoms with Gasteiger partial charge in [-0.1, -0.05) is 25.1 Å². The summed E-state index contributed by atoms with van der Waals surface area (Å²) in [6, 6.07) is 9.39. The molecule has 0 aliphatic carbocycles. The van der Waals surface area contributed by atoms with Crippen LogP contribution in [0.25, 0.3) is 0 Å². The van der Waals surface area contributed by atoms with Gasteiger partial charge in [0.25, 0.3) is 0 Å². The van der Waals surface area contributed by atoms with E-state index in [0.29, 0.717) is 12.0 Å². The molecule has 0 aromatic heterocycles. The SMILES string of the molecule is CCCN1CC(C(C)NC)c2ccccc21. The van der Waals surface area contributed by atoms with Gasteiger partial charge in [0.15, 0.2) is 0 Å². The minimum atomic E-state index is 0.544. The Bertz CT molecular complexity index is 348. The van der Waals surface area contributed by atoms with Crippen LogP contribution in [0.15, 0.2) is 24.3 Å². The van der Waals surface area contributed by atoms with Crippen LogP contribution < -0.4 is 10.2 Å². The highest BCUT2D eigenvalue weighted by Crippen LogP contribution is 2.37. The third-order valence-electron chi connectivity index (χ3n) is 3.65. The Morgan fingerprint density at radius 2 is 2.19 bits per heavy atom. The van der Waals surface area contributed by atoms with Crippen molar-refractivity contribution < 1.29 is 0 Å². The Labute approximate surface area is 98.7 Å². The first-order valence-corrected chi connectivity index (χ1v) is 6.29. The number of fused-ring (bicyclic) bond motifs is 1. The quantitative estimate of drug-likeness (QED) is 0.835. The molecule has 0 bridgehead atoms. The number of hydrogen-bond donors (Lipinski definition) is 1. The molecule has 0 saturated carbocycles. The molecule has 0 amide bonds. The molecule has 0 spiro atoms. The molecule has 2 atom stereocenters. The summed E-state index contributed by atoms with van der Waals surface area (Å²) < 4.78 is 0. The number of nitrogens with one attached hydrogen (secondary N) is 1. The lowest BCUT2D eigenvalue weighted by molar-refractivity contribution is 0.507. The first-order chi connectivity index (χ1) is 7.77. The molecule has 0 radical (unpaired) electrons. The number of anilines is 1. The summed E-state index contributed by atoms with van der Waals surface area (Å²) in [5.74, 6) is 0.632. The first-order valence-electron chi connectivity index (χ1n) is 6.29. The van der Waals surface area contributed by atoms with Crippen molar-refractivity contribution in [1.82, 2.24) is 5.32 Å². The van der Waals surface area contributed by atoms with Crippen LogP contribution in [0.1, 0.15) is 31.7 Å². The van der Waals surface area contributed by atoms with E-state index in [0.717, 1.165) is 6.54 Å². The number of rotatable bonds is 4. The Kier molecular flexibility index (Phi) is 3.49. The van der Waals surface area contributed by atoms with Crippen LogP contribution in [0.4, 0.5) is 5.69 Å². The zero-order valence-electron chi connectivity index (χ0n) is 10.5. The van der Waals surface area contributed by atoms with Gasteiger partial charge in [-0.2, -0.15) is 0 Å². The van der Waals surface area contributed by atoms with Crippen molar-refractivity contribution in [2.45, 2.75) is 32.2 Å². The Hall–Kier alpha value is -1.02. The molecule has 0 saturated heterocycles. The van der Waals surface area contributed by atoms with E-state index in [1.165, 1.54) is 24.2 Å². The molecule has 0 fully saturated rings. The number of benzene rings is 1. The van der Waals surface area contributed by atoms with Crippen LogP contribution >= 0.6 is 0 Å². The normalized spacial score (nSPS) is 20.9. The predicted octanol–water partition coefficient (Wildman–Crippen LogP) is 2.61. The second-order valence-corrected chi connectivity index (χ2v) is 4.69. The van der Waals surface area contributed by atoms with Crippen LogP contribution in [0, 0.1) is 0 Å². The van der Waals surface area contributed by atoms with Gasteiger partial charge in [0.2, 0.25) is 0 Å². The number of hydrogen-bond acceptors (Lipinski definition) is 2. The van der Waals surface area contributed by atoms with Gasteiger partial charge in [0, 0.05) is 30.7 Å². The lowest BCUT2D eigenvalue weighted by Crippen LogP contribution is -2.32. The molecule has 1 aromatic carbocycles. The summed E-state index contributed by atoms with van der Waals surface area (Å²) in [5, 5.41) is 3.38. The van der Waals surface area contributed by atoms with Gasteiger partial charge in [-0.05, 0) is 32.0 Å². The Morgan fingerprint density at radius 1 is 1.44 bits per heavy atom. The van der Waals surface area contributed by atoms with Crippen molar-refractivity contribution in [3.8, 4) is 0 Å². The monoisotopic (exact) mass is 218 g/mol. The zero-order chi connectivity index (χ0) is 11.5. The molecule has 2 nitrogen and oxygen atoms in total. The van der Waals surface area contributed by atoms with Crippen LogP contribution in [-0.4, -0.2) is 26.2 Å². The summed E-state index contributed by atoms with van der Waals surface area (Å²) in [6.07, 6.45) is 1.22. The average molecular weight is 218 g/mol. The standard InChI is InChI=1S/C14H22N2/c1-4-9-16-10-13(11(2)15-3)12-7-5-6-8-14(12)16/h5-8,11,13,15H,4,9-10H2,1-3H3. The summed E-state index contributed by atoms with van der Waals surface area (Å²) in [4.78, 5) is 2.52. The lowest BCUT2D eigenvalue weighted by atomic mass is 9.95. The van der Waals surface area contributed by atoms with E-state index >= 15 is 0 Å². The largest absolute Gasteiger partial charge is 0.371 e. The summed E-state index contributed by atoms with van der Waals surface area (Å²) in [6.45, 7) is 6.85. The van der Waals surface area contributed by atoms with E-state index in [2.05, 4.69) is 55.4 Å². The molecular weight excluding hydrogens is 196 g/mol. The second kappa shape index (κ2) is 4.88. The Morgan fingerprint density at radius 3 is 2.88 bits per heavy atom. The van der Waals surface area contributed by atoms with Crippen molar-refractivity contribution in [2.24, 2.45) is 0 Å². The zero-order valence-corrected chi connectivity index (χ0v) is 10.5. The maximum atomic E-state index is 3.38. The molecule has 88 valence electrons. The van der Waals surface area contributed by atoms with Crippen LogP contribution in [0.2, 0.25) is 0 Å². The van der Waals surface area contributed by atoms with Crippen molar-refractivity contribution >= 4 is 5.69 Å². The van der Waals surface area contributed by atoms with Gasteiger partial charge < -0.3 is 10.2 Å². The van der Waals surface area contributed by atoms with E-state index in [4.69, 9.17) is 0 Å². The molecule has 1 aliphatic heterocycles. The molecule has 2 heteroatoms. The van der Waals surface area contributed by atoms with E-state index < -0.39 is 0 Å². The van der Waals surface area contributed by atoms with Gasteiger partial charge in [-0.15, -0.1) is 0 Å². The second-order valence-electron chi connectivity index (χ2n) is 4.69. The minimum absolute atomic E-state index is 0.544. The maximum Gasteiger partial charge on any atom is 0.0403 e. The van der Waals surface area contributed by atoms with E-state index in [-0.39, 0.29) is 0 Å². The van der Waals surface area contributed by atoms with Gasteiger partial charge in [-0.25, -0.2) is 0 Å². The van der Waals surface area contributed by atoms with Crippen LogP contribution in [0.3, 0.4) is 0 Å². The van der Waals surface area contributed by atoms with Gasteiger partial charge >= 0.3 is 0 Å². The fourth-order valence-corrected chi connectivity index (χ4v) is 2.63. The third-order valence-corrected chi connectivity index (χ3v) is 3.65. The number of nitrogens with zero attached hydrogens (tertiary/aromatic N) is 1. The number of likely N-dealkylation sites (N-methyl/N-ethyl adjacent to an activating group) is 1. The fraction of sp³-hybridized carbons (Fsp3) is 0.571. The van der Waals surface area contributed by atoms with Crippen LogP contribution in [-0.2, 0) is 0 Å². The van der Waals surface area contributed by atoms with Gasteiger partial charge in [0.1, 0.15) is 0 Å². The molecule has 1 aliphatic rings. The number of para-hydroxylation sites is 1. The summed E-state index contributed by atoms with van der Waals surface area (Å²) >= 11 is 0. The topological polar surface area (TPSA) is 15.3 Å². The minimum Gasteiger partial charge on any atom is -0.371 e.